The van der Waals surface area contributed by atoms with Crippen LogP contribution in [0.25, 0.3) is 21.5 Å². The van der Waals surface area contributed by atoms with Crippen molar-refractivity contribution >= 4 is 43.0 Å². The number of hydrogen-bond acceptors (Lipinski definition) is 7. The molecule has 0 bridgehead atoms. The predicted octanol–water partition coefficient (Wildman–Crippen LogP) is 4.32. The van der Waals surface area contributed by atoms with Crippen LogP contribution in [0, 0.1) is 0 Å². The van der Waals surface area contributed by atoms with Crippen molar-refractivity contribution in [3.63, 3.8) is 0 Å². The van der Waals surface area contributed by atoms with E-state index in [2.05, 4.69) is 5.32 Å². The molecule has 168 valence electrons. The molecule has 32 heavy (non-hydrogen) atoms. The summed E-state index contributed by atoms with van der Waals surface area (Å²) in [6.45, 7) is 1.74. The normalized spacial score (nSPS) is 15.5. The average Bonchev–Trinajstić information content (AvgIpc) is 3.30. The highest BCUT2D eigenvalue weighted by Crippen LogP contribution is 2.36. The minimum absolute atomic E-state index is 0.0598. The van der Waals surface area contributed by atoms with Gasteiger partial charge in [0.25, 0.3) is 10.1 Å². The number of benzene rings is 3. The van der Waals surface area contributed by atoms with Crippen LogP contribution >= 0.6 is 11.3 Å². The van der Waals surface area contributed by atoms with E-state index in [0.717, 1.165) is 16.5 Å². The lowest BCUT2D eigenvalue weighted by Crippen LogP contribution is -2.51. The minimum Gasteiger partial charge on any atom is -0.507 e. The lowest BCUT2D eigenvalue weighted by Gasteiger charge is -2.35. The molecule has 3 aromatic carbocycles. The molecule has 1 aromatic heterocycles. The standard InChI is InChI=1S/C24H25NO5S2/c1-24(15-30-32(2,28)29,25-14-19-7-5-11-31-19)23(27)17-9-10-21-18(13-17)12-16-6-3-4-8-20(16)22(21)26/h3-13,23,25-27H,14-15H2,1-2H3/i13D. The third kappa shape index (κ3) is 4.79. The molecule has 0 saturated heterocycles. The molecule has 0 spiro atoms. The topological polar surface area (TPSA) is 95.9 Å². The lowest BCUT2D eigenvalue weighted by atomic mass is 9.88. The van der Waals surface area contributed by atoms with Crippen LogP contribution in [-0.2, 0) is 20.8 Å². The Balaban J connectivity index is 1.76. The van der Waals surface area contributed by atoms with E-state index in [0.29, 0.717) is 28.3 Å². The fraction of sp³-hybridized carbons (Fsp3) is 0.250. The van der Waals surface area contributed by atoms with Gasteiger partial charge in [-0.1, -0.05) is 42.5 Å². The van der Waals surface area contributed by atoms with Gasteiger partial charge in [-0.2, -0.15) is 8.42 Å². The third-order valence-corrected chi connectivity index (χ3v) is 6.91. The Morgan fingerprint density at radius 2 is 1.91 bits per heavy atom. The second kappa shape index (κ2) is 8.80. The SMILES string of the molecule is [2H]c1c(C(O)C(C)(COS(C)(=O)=O)NCc2cccs2)ccc2c(O)c3ccccc3cc12. The van der Waals surface area contributed by atoms with E-state index >= 15 is 0 Å². The highest BCUT2D eigenvalue weighted by molar-refractivity contribution is 7.85. The smallest absolute Gasteiger partial charge is 0.264 e. The van der Waals surface area contributed by atoms with E-state index in [9.17, 15) is 18.6 Å². The largest absolute Gasteiger partial charge is 0.507 e. The van der Waals surface area contributed by atoms with Gasteiger partial charge < -0.3 is 15.5 Å². The number of aromatic hydroxyl groups is 1. The Kier molecular flexibility index (Phi) is 5.88. The van der Waals surface area contributed by atoms with E-state index in [1.807, 2.05) is 47.8 Å². The number of thiophene rings is 1. The number of aliphatic hydroxyl groups excluding tert-OH is 1. The molecular formula is C24H25NO5S2. The van der Waals surface area contributed by atoms with Crippen LogP contribution in [0.4, 0.5) is 0 Å². The molecule has 4 rings (SSSR count). The maximum atomic E-state index is 11.7. The van der Waals surface area contributed by atoms with Gasteiger partial charge in [-0.05, 0) is 46.8 Å². The quantitative estimate of drug-likeness (QED) is 0.261. The fourth-order valence-corrected chi connectivity index (χ4v) is 4.75. The zero-order valence-electron chi connectivity index (χ0n) is 18.7. The van der Waals surface area contributed by atoms with Crippen LogP contribution in [0.2, 0.25) is 0 Å². The van der Waals surface area contributed by atoms with Crippen molar-refractivity contribution in [3.05, 3.63) is 76.5 Å². The molecular weight excluding hydrogens is 446 g/mol. The summed E-state index contributed by atoms with van der Waals surface area (Å²) in [6.07, 6.45) is -0.302. The number of hydrogen-bond donors (Lipinski definition) is 3. The number of fused-ring (bicyclic) bond motifs is 2. The fourth-order valence-electron chi connectivity index (χ4n) is 3.65. The molecule has 0 radical (unpaired) electrons. The maximum Gasteiger partial charge on any atom is 0.264 e. The number of phenols is 1. The van der Waals surface area contributed by atoms with Crippen molar-refractivity contribution in [2.75, 3.05) is 12.9 Å². The van der Waals surface area contributed by atoms with Crippen LogP contribution in [-0.4, -0.2) is 37.0 Å². The number of nitrogens with one attached hydrogen (secondary N) is 1. The third-order valence-electron chi connectivity index (χ3n) is 5.49. The van der Waals surface area contributed by atoms with E-state index in [1.165, 1.54) is 11.3 Å². The van der Waals surface area contributed by atoms with Gasteiger partial charge >= 0.3 is 0 Å². The molecule has 0 aliphatic heterocycles. The average molecular weight is 473 g/mol. The van der Waals surface area contributed by atoms with Crippen molar-refractivity contribution in [2.45, 2.75) is 25.1 Å². The molecule has 4 aromatic rings. The van der Waals surface area contributed by atoms with Crippen LogP contribution in [0.1, 0.15) is 24.8 Å². The van der Waals surface area contributed by atoms with E-state index in [-0.39, 0.29) is 18.4 Å². The predicted molar refractivity (Wildman–Crippen MR) is 128 cm³/mol. The molecule has 0 aliphatic carbocycles. The molecule has 0 amide bonds. The Morgan fingerprint density at radius 1 is 1.16 bits per heavy atom. The highest BCUT2D eigenvalue weighted by atomic mass is 32.2. The second-order valence-electron chi connectivity index (χ2n) is 8.04. The summed E-state index contributed by atoms with van der Waals surface area (Å²) >= 11 is 1.53. The van der Waals surface area contributed by atoms with Crippen molar-refractivity contribution in [2.24, 2.45) is 0 Å². The summed E-state index contributed by atoms with van der Waals surface area (Å²) in [5.41, 5.74) is -0.912. The zero-order valence-corrected chi connectivity index (χ0v) is 19.3. The maximum absolute atomic E-state index is 11.7. The van der Waals surface area contributed by atoms with Gasteiger partial charge in [0.2, 0.25) is 0 Å². The summed E-state index contributed by atoms with van der Waals surface area (Å²) in [5, 5.41) is 29.7. The van der Waals surface area contributed by atoms with Crippen LogP contribution in [0.15, 0.2) is 66.0 Å². The molecule has 0 aliphatic rings. The second-order valence-corrected chi connectivity index (χ2v) is 10.7. The molecule has 3 N–H and O–H groups in total. The molecule has 2 atom stereocenters. The lowest BCUT2D eigenvalue weighted by molar-refractivity contribution is 0.0367. The van der Waals surface area contributed by atoms with E-state index in [1.54, 1.807) is 19.1 Å². The van der Waals surface area contributed by atoms with Gasteiger partial charge in [-0.25, -0.2) is 0 Å². The summed E-state index contributed by atoms with van der Waals surface area (Å²) in [5.74, 6) is 0.0802. The van der Waals surface area contributed by atoms with Crippen LogP contribution in [0.5, 0.6) is 5.75 Å². The van der Waals surface area contributed by atoms with Gasteiger partial charge in [-0.3, -0.25) is 4.18 Å². The van der Waals surface area contributed by atoms with Gasteiger partial charge in [0.1, 0.15) is 5.75 Å². The monoisotopic (exact) mass is 472 g/mol. The molecule has 0 fully saturated rings. The van der Waals surface area contributed by atoms with Gasteiger partial charge in [0.15, 0.2) is 0 Å². The summed E-state index contributed by atoms with van der Waals surface area (Å²) < 4.78 is 37.2. The first kappa shape index (κ1) is 21.4. The van der Waals surface area contributed by atoms with Gasteiger partial charge in [0.05, 0.1) is 25.9 Å². The first-order valence-corrected chi connectivity index (χ1v) is 12.7. The number of aliphatic hydroxyl groups is 1. The summed E-state index contributed by atoms with van der Waals surface area (Å²) in [6, 6.07) is 16.3. The Labute approximate surface area is 192 Å². The van der Waals surface area contributed by atoms with Crippen molar-refractivity contribution in [3.8, 4) is 5.75 Å². The Bertz CT molecular complexity index is 1410. The van der Waals surface area contributed by atoms with Gasteiger partial charge in [0, 0.05) is 22.2 Å². The zero-order chi connectivity index (χ0) is 23.8. The van der Waals surface area contributed by atoms with Crippen LogP contribution < -0.4 is 5.32 Å². The molecule has 1 heterocycles. The van der Waals surface area contributed by atoms with Gasteiger partial charge in [-0.15, -0.1) is 11.3 Å². The Hall–Kier alpha value is -2.49. The van der Waals surface area contributed by atoms with E-state index in [4.69, 9.17) is 5.55 Å². The van der Waals surface area contributed by atoms with E-state index < -0.39 is 21.8 Å². The number of phenolic OH excluding ortho intramolecular Hbond substituents is 1. The van der Waals surface area contributed by atoms with Crippen molar-refractivity contribution in [1.82, 2.24) is 5.32 Å². The first-order chi connectivity index (χ1) is 15.6. The van der Waals surface area contributed by atoms with Crippen LogP contribution in [0.3, 0.4) is 0 Å². The Morgan fingerprint density at radius 3 is 2.62 bits per heavy atom. The molecule has 0 saturated carbocycles. The first-order valence-electron chi connectivity index (χ1n) is 10.5. The summed E-state index contributed by atoms with van der Waals surface area (Å²) in [7, 11) is -3.75. The highest BCUT2D eigenvalue weighted by Gasteiger charge is 2.35. The van der Waals surface area contributed by atoms with Crippen molar-refractivity contribution in [1.29, 1.82) is 0 Å². The van der Waals surface area contributed by atoms with Crippen molar-refractivity contribution < 1.29 is 24.2 Å². The molecule has 8 heteroatoms. The number of rotatable bonds is 8. The minimum atomic E-state index is -3.75. The molecule has 6 nitrogen and oxygen atoms in total. The molecule has 2 unspecified atom stereocenters. The summed E-state index contributed by atoms with van der Waals surface area (Å²) in [4.78, 5) is 1.01.